The molecule has 0 saturated carbocycles. The van der Waals surface area contributed by atoms with Gasteiger partial charge in [-0.05, 0) is 9.91 Å². The Hall–Kier alpha value is -1.77. The Morgan fingerprint density at radius 3 is 2.82 bits per heavy atom. The highest BCUT2D eigenvalue weighted by Crippen LogP contribution is 2.26. The van der Waals surface area contributed by atoms with E-state index in [1.54, 1.807) is 0 Å². The summed E-state index contributed by atoms with van der Waals surface area (Å²) in [5.74, 6) is -0.536. The van der Waals surface area contributed by atoms with E-state index in [1.165, 1.54) is 17.9 Å². The van der Waals surface area contributed by atoms with E-state index < -0.39 is 23.7 Å². The summed E-state index contributed by atoms with van der Waals surface area (Å²) < 4.78 is 26.0. The van der Waals surface area contributed by atoms with Gasteiger partial charge in [0, 0.05) is 13.6 Å². The van der Waals surface area contributed by atoms with E-state index in [2.05, 4.69) is 4.98 Å². The van der Waals surface area contributed by atoms with E-state index >= 15 is 0 Å². The molecule has 1 heterocycles. The molecule has 7 nitrogen and oxygen atoms in total. The molecule has 0 aliphatic heterocycles. The third kappa shape index (κ3) is 3.09. The number of rotatable bonds is 6. The van der Waals surface area contributed by atoms with Gasteiger partial charge in [-0.1, -0.05) is 0 Å². The Morgan fingerprint density at radius 2 is 2.35 bits per heavy atom. The summed E-state index contributed by atoms with van der Waals surface area (Å²) in [5.41, 5.74) is 0. The highest BCUT2D eigenvalue weighted by molar-refractivity contribution is 5.54. The van der Waals surface area contributed by atoms with Gasteiger partial charge in [0.1, 0.15) is 0 Å². The van der Waals surface area contributed by atoms with Crippen molar-refractivity contribution in [2.75, 3.05) is 24.6 Å². The number of alkyl halides is 2. The molecule has 0 aromatic carbocycles. The predicted molar refractivity (Wildman–Crippen MR) is 55.2 cm³/mol. The van der Waals surface area contributed by atoms with E-state index in [4.69, 9.17) is 5.11 Å². The van der Waals surface area contributed by atoms with Crippen molar-refractivity contribution in [2.24, 2.45) is 7.05 Å². The number of aliphatic hydroxyl groups is 1. The fraction of sp³-hybridized carbons (Fsp3) is 0.625. The van der Waals surface area contributed by atoms with Gasteiger partial charge in [-0.25, -0.2) is 8.78 Å². The van der Waals surface area contributed by atoms with Crippen molar-refractivity contribution in [1.29, 1.82) is 0 Å². The molecule has 0 amide bonds. The summed E-state index contributed by atoms with van der Waals surface area (Å²) in [4.78, 5) is 14.5. The number of anilines is 1. The molecule has 0 fully saturated rings. The lowest BCUT2D eigenvalue weighted by atomic mass is 10.4. The summed E-state index contributed by atoms with van der Waals surface area (Å²) in [6, 6.07) is 0. The Labute approximate surface area is 95.4 Å². The smallest absolute Gasteiger partial charge is 0.395 e. The van der Waals surface area contributed by atoms with Crippen LogP contribution in [0.5, 0.6) is 0 Å². The molecule has 96 valence electrons. The molecule has 9 heteroatoms. The zero-order chi connectivity index (χ0) is 13.0. The molecule has 0 saturated heterocycles. The second-order valence-corrected chi connectivity index (χ2v) is 3.32. The molecule has 0 spiro atoms. The van der Waals surface area contributed by atoms with Crippen LogP contribution in [-0.4, -0.2) is 45.7 Å². The largest absolute Gasteiger partial charge is 0.406 e. The highest BCUT2D eigenvalue weighted by atomic mass is 19.3. The van der Waals surface area contributed by atoms with E-state index in [1.807, 2.05) is 0 Å². The molecule has 1 aromatic heterocycles. The molecule has 1 rings (SSSR count). The monoisotopic (exact) mass is 250 g/mol. The SMILES string of the molecule is Cn1cnc([N+](=O)[O-])c1N(CCO)CC(F)F. The van der Waals surface area contributed by atoms with Crippen LogP contribution in [-0.2, 0) is 7.05 Å². The van der Waals surface area contributed by atoms with Gasteiger partial charge >= 0.3 is 5.82 Å². The number of aryl methyl sites for hydroxylation is 1. The van der Waals surface area contributed by atoms with Crippen LogP contribution >= 0.6 is 0 Å². The summed E-state index contributed by atoms with van der Waals surface area (Å²) in [6.07, 6.45) is -1.49. The van der Waals surface area contributed by atoms with Crippen LogP contribution in [0.1, 0.15) is 0 Å². The molecule has 0 aliphatic carbocycles. The number of aliphatic hydroxyl groups excluding tert-OH is 1. The Morgan fingerprint density at radius 1 is 1.71 bits per heavy atom. The number of imidazole rings is 1. The third-order valence-corrected chi connectivity index (χ3v) is 2.09. The molecule has 0 unspecified atom stereocenters. The fourth-order valence-corrected chi connectivity index (χ4v) is 1.48. The normalized spacial score (nSPS) is 10.9. The topological polar surface area (TPSA) is 84.4 Å². The molecule has 1 aromatic rings. The number of nitro groups is 1. The molecular formula is C8H12F2N4O3. The van der Waals surface area contributed by atoms with Crippen molar-refractivity contribution in [1.82, 2.24) is 9.55 Å². The quantitative estimate of drug-likeness (QED) is 0.583. The van der Waals surface area contributed by atoms with Gasteiger partial charge in [-0.15, -0.1) is 0 Å². The molecule has 0 aliphatic rings. The molecular weight excluding hydrogens is 238 g/mol. The summed E-state index contributed by atoms with van der Waals surface area (Å²) in [6.45, 7) is -1.19. The van der Waals surface area contributed by atoms with Gasteiger partial charge in [0.05, 0.1) is 13.2 Å². The van der Waals surface area contributed by atoms with Gasteiger partial charge in [0.25, 0.3) is 6.43 Å². The Kier molecular flexibility index (Phi) is 4.32. The lowest BCUT2D eigenvalue weighted by Gasteiger charge is -2.22. The van der Waals surface area contributed by atoms with Crippen LogP contribution in [0.15, 0.2) is 6.33 Å². The van der Waals surface area contributed by atoms with Crippen molar-refractivity contribution in [2.45, 2.75) is 6.43 Å². The van der Waals surface area contributed by atoms with Crippen molar-refractivity contribution in [3.05, 3.63) is 16.4 Å². The standard InChI is InChI=1S/C8H12F2N4O3/c1-12-5-11-7(14(16)17)8(12)13(2-3-15)4-6(9)10/h5-6,15H,2-4H2,1H3. The van der Waals surface area contributed by atoms with Gasteiger partial charge in [-0.3, -0.25) is 4.57 Å². The van der Waals surface area contributed by atoms with Crippen molar-refractivity contribution >= 4 is 11.6 Å². The van der Waals surface area contributed by atoms with E-state index in [0.29, 0.717) is 0 Å². The lowest BCUT2D eigenvalue weighted by Crippen LogP contribution is -2.33. The van der Waals surface area contributed by atoms with Crippen LogP contribution < -0.4 is 4.90 Å². The molecule has 17 heavy (non-hydrogen) atoms. The second kappa shape index (κ2) is 5.53. The lowest BCUT2D eigenvalue weighted by molar-refractivity contribution is -0.388. The Balaban J connectivity index is 3.07. The number of hydrogen-bond acceptors (Lipinski definition) is 5. The van der Waals surface area contributed by atoms with E-state index in [9.17, 15) is 18.9 Å². The van der Waals surface area contributed by atoms with Gasteiger partial charge in [-0.2, -0.15) is 0 Å². The van der Waals surface area contributed by atoms with Crippen molar-refractivity contribution in [3.8, 4) is 0 Å². The third-order valence-electron chi connectivity index (χ3n) is 2.09. The molecule has 1 N–H and O–H groups in total. The summed E-state index contributed by atoms with van der Waals surface area (Å²) >= 11 is 0. The zero-order valence-electron chi connectivity index (χ0n) is 9.08. The highest BCUT2D eigenvalue weighted by Gasteiger charge is 2.26. The minimum atomic E-state index is -2.66. The van der Waals surface area contributed by atoms with Crippen molar-refractivity contribution < 1.29 is 18.8 Å². The number of aromatic nitrogens is 2. The second-order valence-electron chi connectivity index (χ2n) is 3.32. The van der Waals surface area contributed by atoms with Crippen LogP contribution in [0.4, 0.5) is 20.4 Å². The van der Waals surface area contributed by atoms with Crippen molar-refractivity contribution in [3.63, 3.8) is 0 Å². The summed E-state index contributed by atoms with van der Waals surface area (Å²) in [7, 11) is 1.46. The average Bonchev–Trinajstić information content (AvgIpc) is 2.59. The molecule has 0 bridgehead atoms. The average molecular weight is 250 g/mol. The maximum atomic E-state index is 12.3. The fourth-order valence-electron chi connectivity index (χ4n) is 1.48. The zero-order valence-corrected chi connectivity index (χ0v) is 9.08. The first-order valence-electron chi connectivity index (χ1n) is 4.77. The van der Waals surface area contributed by atoms with E-state index in [0.717, 1.165) is 4.90 Å². The maximum Gasteiger partial charge on any atom is 0.406 e. The number of nitrogens with zero attached hydrogens (tertiary/aromatic N) is 4. The minimum absolute atomic E-state index is 0.0376. The van der Waals surface area contributed by atoms with Crippen LogP contribution in [0.2, 0.25) is 0 Å². The van der Waals surface area contributed by atoms with Crippen LogP contribution in [0.3, 0.4) is 0 Å². The minimum Gasteiger partial charge on any atom is -0.395 e. The Bertz CT molecular complexity index is 396. The number of halogens is 2. The van der Waals surface area contributed by atoms with Gasteiger partial charge in [0.15, 0.2) is 0 Å². The van der Waals surface area contributed by atoms with Gasteiger partial charge < -0.3 is 20.1 Å². The van der Waals surface area contributed by atoms with Gasteiger partial charge in [0.2, 0.25) is 12.1 Å². The first-order valence-corrected chi connectivity index (χ1v) is 4.77. The predicted octanol–water partition coefficient (Wildman–Crippen LogP) is 0.392. The molecule has 0 atom stereocenters. The van der Waals surface area contributed by atoms with Crippen LogP contribution in [0, 0.1) is 10.1 Å². The maximum absolute atomic E-state index is 12.3. The number of hydrogen-bond donors (Lipinski definition) is 1. The van der Waals surface area contributed by atoms with Crippen LogP contribution in [0.25, 0.3) is 0 Å². The summed E-state index contributed by atoms with van der Waals surface area (Å²) in [5, 5.41) is 19.5. The molecule has 0 radical (unpaired) electrons. The first-order chi connectivity index (χ1) is 7.97. The first kappa shape index (κ1) is 13.3. The van der Waals surface area contributed by atoms with E-state index in [-0.39, 0.29) is 19.0 Å².